The molecule has 0 aromatic heterocycles. The summed E-state index contributed by atoms with van der Waals surface area (Å²) in [6.07, 6.45) is 0. The lowest BCUT2D eigenvalue weighted by Crippen LogP contribution is -2.45. The minimum absolute atomic E-state index is 0.0112. The van der Waals surface area contributed by atoms with Crippen molar-refractivity contribution < 1.29 is 9.72 Å². The van der Waals surface area contributed by atoms with Gasteiger partial charge in [-0.15, -0.1) is 0 Å². The van der Waals surface area contributed by atoms with Crippen molar-refractivity contribution in [3.63, 3.8) is 0 Å². The van der Waals surface area contributed by atoms with Crippen LogP contribution in [-0.2, 0) is 0 Å². The SMILES string of the molecule is CC1(C)CN(CC(=O)c2ccc([N+](=O)[O-])cc2)CCS1. The van der Waals surface area contributed by atoms with Crippen molar-refractivity contribution in [1.82, 2.24) is 4.90 Å². The zero-order chi connectivity index (χ0) is 14.8. The van der Waals surface area contributed by atoms with Gasteiger partial charge in [-0.05, 0) is 26.0 Å². The normalized spacial score (nSPS) is 18.7. The molecular formula is C14H18N2O3S. The van der Waals surface area contributed by atoms with Crippen molar-refractivity contribution in [3.05, 3.63) is 39.9 Å². The summed E-state index contributed by atoms with van der Waals surface area (Å²) in [6.45, 7) is 6.53. The van der Waals surface area contributed by atoms with Crippen LogP contribution in [-0.4, -0.2) is 45.7 Å². The molecule has 0 bridgehead atoms. The first kappa shape index (κ1) is 15.0. The van der Waals surface area contributed by atoms with Crippen LogP contribution in [0, 0.1) is 10.1 Å². The molecule has 20 heavy (non-hydrogen) atoms. The third-order valence-electron chi connectivity index (χ3n) is 3.27. The van der Waals surface area contributed by atoms with Crippen molar-refractivity contribution >= 4 is 23.2 Å². The molecule has 108 valence electrons. The van der Waals surface area contributed by atoms with E-state index in [0.29, 0.717) is 12.1 Å². The summed E-state index contributed by atoms with van der Waals surface area (Å²) in [7, 11) is 0. The van der Waals surface area contributed by atoms with Gasteiger partial charge in [0.1, 0.15) is 0 Å². The minimum atomic E-state index is -0.460. The molecule has 0 saturated carbocycles. The first-order valence-electron chi connectivity index (χ1n) is 6.51. The van der Waals surface area contributed by atoms with Crippen LogP contribution < -0.4 is 0 Å². The number of non-ortho nitro benzene ring substituents is 1. The molecule has 1 aliphatic rings. The molecule has 0 radical (unpaired) electrons. The van der Waals surface area contributed by atoms with E-state index in [4.69, 9.17) is 0 Å². The van der Waals surface area contributed by atoms with E-state index >= 15 is 0 Å². The number of carbonyl (C=O) groups is 1. The lowest BCUT2D eigenvalue weighted by atomic mass is 10.1. The maximum Gasteiger partial charge on any atom is 0.269 e. The number of Topliss-reactive ketones (excluding diaryl/α,β-unsaturated/α-hetero) is 1. The quantitative estimate of drug-likeness (QED) is 0.485. The third kappa shape index (κ3) is 3.80. The van der Waals surface area contributed by atoms with Gasteiger partial charge in [0.15, 0.2) is 5.78 Å². The van der Waals surface area contributed by atoms with Crippen LogP contribution in [0.15, 0.2) is 24.3 Å². The van der Waals surface area contributed by atoms with E-state index in [2.05, 4.69) is 18.7 Å². The predicted octanol–water partition coefficient (Wildman–Crippen LogP) is 2.60. The zero-order valence-electron chi connectivity index (χ0n) is 11.7. The minimum Gasteiger partial charge on any atom is -0.294 e. The fraction of sp³-hybridized carbons (Fsp3) is 0.500. The van der Waals surface area contributed by atoms with Crippen molar-refractivity contribution in [3.8, 4) is 0 Å². The Kier molecular flexibility index (Phi) is 4.45. The Morgan fingerprint density at radius 3 is 2.60 bits per heavy atom. The number of nitrogens with zero attached hydrogens (tertiary/aromatic N) is 2. The van der Waals surface area contributed by atoms with Gasteiger partial charge in [0, 0.05) is 41.3 Å². The van der Waals surface area contributed by atoms with Gasteiger partial charge >= 0.3 is 0 Å². The van der Waals surface area contributed by atoms with E-state index in [1.807, 2.05) is 11.8 Å². The van der Waals surface area contributed by atoms with Crippen molar-refractivity contribution in [2.24, 2.45) is 0 Å². The Balaban J connectivity index is 1.99. The van der Waals surface area contributed by atoms with E-state index < -0.39 is 4.92 Å². The molecule has 1 aromatic rings. The van der Waals surface area contributed by atoms with E-state index in [9.17, 15) is 14.9 Å². The molecule has 0 amide bonds. The molecule has 6 heteroatoms. The molecule has 5 nitrogen and oxygen atoms in total. The molecule has 0 N–H and O–H groups in total. The van der Waals surface area contributed by atoms with E-state index in [-0.39, 0.29) is 16.2 Å². The summed E-state index contributed by atoms with van der Waals surface area (Å²) in [5, 5.41) is 10.6. The highest BCUT2D eigenvalue weighted by Crippen LogP contribution is 2.29. The Hall–Kier alpha value is -1.40. The van der Waals surface area contributed by atoms with Crippen LogP contribution >= 0.6 is 11.8 Å². The van der Waals surface area contributed by atoms with Gasteiger partial charge in [-0.3, -0.25) is 19.8 Å². The number of nitro groups is 1. The number of nitro benzene ring substituents is 1. The van der Waals surface area contributed by atoms with Gasteiger partial charge < -0.3 is 0 Å². The average molecular weight is 294 g/mol. The smallest absolute Gasteiger partial charge is 0.269 e. The topological polar surface area (TPSA) is 63.5 Å². The summed E-state index contributed by atoms with van der Waals surface area (Å²) in [5.74, 6) is 1.04. The Labute approximate surface area is 122 Å². The fourth-order valence-electron chi connectivity index (χ4n) is 2.31. The number of hydrogen-bond acceptors (Lipinski definition) is 5. The van der Waals surface area contributed by atoms with Crippen LogP contribution in [0.25, 0.3) is 0 Å². The molecule has 0 atom stereocenters. The van der Waals surface area contributed by atoms with E-state index in [0.717, 1.165) is 18.8 Å². The number of ketones is 1. The Morgan fingerprint density at radius 1 is 1.40 bits per heavy atom. The summed E-state index contributed by atoms with van der Waals surface area (Å²) in [4.78, 5) is 24.5. The van der Waals surface area contributed by atoms with Crippen molar-refractivity contribution in [1.29, 1.82) is 0 Å². The monoisotopic (exact) mass is 294 g/mol. The standard InChI is InChI=1S/C14H18N2O3S/c1-14(2)10-15(7-8-20-14)9-13(17)11-3-5-12(6-4-11)16(18)19/h3-6H,7-10H2,1-2H3. The molecule has 0 aliphatic carbocycles. The summed E-state index contributed by atoms with van der Waals surface area (Å²) < 4.78 is 0.175. The number of benzene rings is 1. The Bertz CT molecular complexity index is 514. The molecule has 1 fully saturated rings. The van der Waals surface area contributed by atoms with E-state index in [1.165, 1.54) is 24.3 Å². The first-order chi connectivity index (χ1) is 9.37. The first-order valence-corrected chi connectivity index (χ1v) is 7.50. The van der Waals surface area contributed by atoms with E-state index in [1.54, 1.807) is 0 Å². The molecule has 1 heterocycles. The summed E-state index contributed by atoms with van der Waals surface area (Å²) >= 11 is 1.92. The molecule has 1 saturated heterocycles. The summed E-state index contributed by atoms with van der Waals surface area (Å²) in [5.41, 5.74) is 0.545. The highest BCUT2D eigenvalue weighted by molar-refractivity contribution is 8.00. The lowest BCUT2D eigenvalue weighted by molar-refractivity contribution is -0.384. The van der Waals surface area contributed by atoms with Crippen molar-refractivity contribution in [2.75, 3.05) is 25.4 Å². The third-order valence-corrected chi connectivity index (χ3v) is 4.57. The van der Waals surface area contributed by atoms with Gasteiger partial charge in [0.2, 0.25) is 0 Å². The largest absolute Gasteiger partial charge is 0.294 e. The number of thioether (sulfide) groups is 1. The van der Waals surface area contributed by atoms with Gasteiger partial charge in [0.05, 0.1) is 11.5 Å². The highest BCUT2D eigenvalue weighted by Gasteiger charge is 2.28. The van der Waals surface area contributed by atoms with Crippen LogP contribution in [0.4, 0.5) is 5.69 Å². The van der Waals surface area contributed by atoms with Gasteiger partial charge in [-0.1, -0.05) is 0 Å². The molecule has 1 aliphatic heterocycles. The predicted molar refractivity (Wildman–Crippen MR) is 80.4 cm³/mol. The van der Waals surface area contributed by atoms with Gasteiger partial charge in [-0.25, -0.2) is 0 Å². The maximum atomic E-state index is 12.2. The molecule has 2 rings (SSSR count). The van der Waals surface area contributed by atoms with Crippen LogP contribution in [0.1, 0.15) is 24.2 Å². The molecular weight excluding hydrogens is 276 g/mol. The van der Waals surface area contributed by atoms with Crippen LogP contribution in [0.3, 0.4) is 0 Å². The van der Waals surface area contributed by atoms with Crippen molar-refractivity contribution in [2.45, 2.75) is 18.6 Å². The second-order valence-electron chi connectivity index (χ2n) is 5.55. The maximum absolute atomic E-state index is 12.2. The Morgan fingerprint density at radius 2 is 2.05 bits per heavy atom. The lowest BCUT2D eigenvalue weighted by Gasteiger charge is -2.37. The second-order valence-corrected chi connectivity index (χ2v) is 7.35. The number of carbonyl (C=O) groups excluding carboxylic acids is 1. The molecule has 0 unspecified atom stereocenters. The second kappa shape index (κ2) is 5.93. The van der Waals surface area contributed by atoms with Gasteiger partial charge in [-0.2, -0.15) is 11.8 Å². The average Bonchev–Trinajstić information content (AvgIpc) is 2.37. The summed E-state index contributed by atoms with van der Waals surface area (Å²) in [6, 6.07) is 5.82. The fourth-order valence-corrected chi connectivity index (χ4v) is 3.49. The highest BCUT2D eigenvalue weighted by atomic mass is 32.2. The van der Waals surface area contributed by atoms with Gasteiger partial charge in [0.25, 0.3) is 5.69 Å². The molecule has 1 aromatic carbocycles. The zero-order valence-corrected chi connectivity index (χ0v) is 12.5. The number of rotatable bonds is 4. The molecule has 0 spiro atoms. The van der Waals surface area contributed by atoms with Crippen LogP contribution in [0.5, 0.6) is 0 Å². The van der Waals surface area contributed by atoms with Crippen LogP contribution in [0.2, 0.25) is 0 Å². The number of hydrogen-bond donors (Lipinski definition) is 0.